The number of rotatable bonds is 8. The van der Waals surface area contributed by atoms with Crippen LogP contribution in [0.15, 0.2) is 65.8 Å². The number of hydrogen-bond donors (Lipinski definition) is 2. The number of carbonyl (C=O) groups excluding carboxylic acids is 1. The lowest BCUT2D eigenvalue weighted by atomic mass is 10.1. The van der Waals surface area contributed by atoms with Gasteiger partial charge in [-0.3, -0.25) is 9.10 Å². The SMILES string of the molecule is Cc1ccc(C)c(N(C(C)C(=O)Nc2ccc(S(=O)(=O)Nc3ncccn3)cc2)S(C)(=O)=O)c1. The molecular formula is C22H25N5O5S2. The van der Waals surface area contributed by atoms with Crippen LogP contribution in [-0.2, 0) is 24.8 Å². The van der Waals surface area contributed by atoms with Crippen LogP contribution in [0.1, 0.15) is 18.1 Å². The molecule has 0 fully saturated rings. The van der Waals surface area contributed by atoms with Gasteiger partial charge in [-0.2, -0.15) is 0 Å². The van der Waals surface area contributed by atoms with Gasteiger partial charge in [-0.1, -0.05) is 12.1 Å². The Bertz CT molecular complexity index is 1390. The zero-order valence-corrected chi connectivity index (χ0v) is 20.7. The minimum Gasteiger partial charge on any atom is -0.324 e. The molecule has 0 saturated carbocycles. The van der Waals surface area contributed by atoms with Gasteiger partial charge in [-0.25, -0.2) is 31.5 Å². The number of amides is 1. The van der Waals surface area contributed by atoms with Crippen LogP contribution in [0.4, 0.5) is 17.3 Å². The highest BCUT2D eigenvalue weighted by Crippen LogP contribution is 2.27. The van der Waals surface area contributed by atoms with Gasteiger partial charge in [0.25, 0.3) is 10.0 Å². The third kappa shape index (κ3) is 5.88. The van der Waals surface area contributed by atoms with Crippen LogP contribution in [0, 0.1) is 13.8 Å². The van der Waals surface area contributed by atoms with Crippen LogP contribution in [0.5, 0.6) is 0 Å². The Morgan fingerprint density at radius 2 is 1.59 bits per heavy atom. The molecule has 1 atom stereocenters. The summed E-state index contributed by atoms with van der Waals surface area (Å²) in [6, 6.07) is 11.3. The summed E-state index contributed by atoms with van der Waals surface area (Å²) in [5, 5.41) is 2.64. The quantitative estimate of drug-likeness (QED) is 0.482. The minimum absolute atomic E-state index is 0.0563. The van der Waals surface area contributed by atoms with E-state index < -0.39 is 32.0 Å². The van der Waals surface area contributed by atoms with E-state index in [1.165, 1.54) is 43.6 Å². The van der Waals surface area contributed by atoms with E-state index in [2.05, 4.69) is 20.0 Å². The van der Waals surface area contributed by atoms with Gasteiger partial charge in [0.05, 0.1) is 16.8 Å². The van der Waals surface area contributed by atoms with Crippen molar-refractivity contribution in [2.45, 2.75) is 31.7 Å². The van der Waals surface area contributed by atoms with E-state index in [0.29, 0.717) is 16.9 Å². The van der Waals surface area contributed by atoms with Gasteiger partial charge in [0.15, 0.2) is 0 Å². The summed E-state index contributed by atoms with van der Waals surface area (Å²) in [4.78, 5) is 20.5. The van der Waals surface area contributed by atoms with Gasteiger partial charge in [-0.15, -0.1) is 0 Å². The summed E-state index contributed by atoms with van der Waals surface area (Å²) in [6.45, 7) is 5.09. The van der Waals surface area contributed by atoms with Crippen molar-refractivity contribution in [3.8, 4) is 0 Å². The molecule has 0 aliphatic rings. The molecule has 0 aliphatic carbocycles. The molecule has 12 heteroatoms. The Labute approximate surface area is 199 Å². The van der Waals surface area contributed by atoms with Gasteiger partial charge in [-0.05, 0) is 68.3 Å². The number of carbonyl (C=O) groups is 1. The van der Waals surface area contributed by atoms with E-state index in [0.717, 1.165) is 16.1 Å². The standard InChI is InChI=1S/C22H25N5O5S2/c1-15-6-7-16(2)20(14-15)27(33(4,29)30)17(3)21(28)25-18-8-10-19(11-9-18)34(31,32)26-22-23-12-5-13-24-22/h5-14,17H,1-4H3,(H,25,28)(H,23,24,26). The molecule has 2 N–H and O–H groups in total. The molecule has 0 radical (unpaired) electrons. The number of anilines is 3. The molecule has 0 bridgehead atoms. The Morgan fingerprint density at radius 3 is 2.18 bits per heavy atom. The van der Waals surface area contributed by atoms with Gasteiger partial charge < -0.3 is 5.32 Å². The van der Waals surface area contributed by atoms with E-state index in [1.807, 2.05) is 13.0 Å². The number of aryl methyl sites for hydroxylation is 2. The average Bonchev–Trinajstić information content (AvgIpc) is 2.76. The van der Waals surface area contributed by atoms with Crippen molar-refractivity contribution < 1.29 is 21.6 Å². The molecule has 0 spiro atoms. The normalized spacial score (nSPS) is 12.6. The molecule has 1 heterocycles. The molecule has 34 heavy (non-hydrogen) atoms. The second-order valence-electron chi connectivity index (χ2n) is 7.72. The maximum absolute atomic E-state index is 12.9. The summed E-state index contributed by atoms with van der Waals surface area (Å²) in [7, 11) is -7.70. The molecule has 0 saturated heterocycles. The zero-order chi connectivity index (χ0) is 25.1. The molecule has 2 aromatic carbocycles. The molecule has 1 amide bonds. The van der Waals surface area contributed by atoms with Crippen molar-refractivity contribution in [2.75, 3.05) is 20.6 Å². The first-order valence-electron chi connectivity index (χ1n) is 10.2. The predicted octanol–water partition coefficient (Wildman–Crippen LogP) is 2.69. The monoisotopic (exact) mass is 503 g/mol. The van der Waals surface area contributed by atoms with Crippen molar-refractivity contribution in [3.63, 3.8) is 0 Å². The molecular weight excluding hydrogens is 478 g/mol. The highest BCUT2D eigenvalue weighted by molar-refractivity contribution is 7.92. The number of nitrogens with zero attached hydrogens (tertiary/aromatic N) is 3. The molecule has 1 unspecified atom stereocenters. The van der Waals surface area contributed by atoms with E-state index in [4.69, 9.17) is 0 Å². The predicted molar refractivity (Wildman–Crippen MR) is 131 cm³/mol. The minimum atomic E-state index is -3.93. The summed E-state index contributed by atoms with van der Waals surface area (Å²) in [6.07, 6.45) is 3.85. The number of hydrogen-bond acceptors (Lipinski definition) is 7. The second-order valence-corrected chi connectivity index (χ2v) is 11.3. The lowest BCUT2D eigenvalue weighted by molar-refractivity contribution is -0.116. The first kappa shape index (κ1) is 25.1. The lowest BCUT2D eigenvalue weighted by Crippen LogP contribution is -2.45. The molecule has 3 rings (SSSR count). The highest BCUT2D eigenvalue weighted by Gasteiger charge is 2.30. The van der Waals surface area contributed by atoms with Crippen molar-refractivity contribution >= 4 is 43.3 Å². The Kier molecular flexibility index (Phi) is 7.22. The lowest BCUT2D eigenvalue weighted by Gasteiger charge is -2.29. The molecule has 1 aromatic heterocycles. The van der Waals surface area contributed by atoms with Crippen LogP contribution in [0.3, 0.4) is 0 Å². The summed E-state index contributed by atoms with van der Waals surface area (Å²) < 4.78 is 53.5. The molecule has 3 aromatic rings. The van der Waals surface area contributed by atoms with Crippen LogP contribution < -0.4 is 14.3 Å². The number of benzene rings is 2. The highest BCUT2D eigenvalue weighted by atomic mass is 32.2. The van der Waals surface area contributed by atoms with Crippen LogP contribution >= 0.6 is 0 Å². The van der Waals surface area contributed by atoms with Gasteiger partial charge >= 0.3 is 0 Å². The Morgan fingerprint density at radius 1 is 0.971 bits per heavy atom. The molecule has 10 nitrogen and oxygen atoms in total. The average molecular weight is 504 g/mol. The zero-order valence-electron chi connectivity index (χ0n) is 19.1. The van der Waals surface area contributed by atoms with Crippen molar-refractivity contribution in [2.24, 2.45) is 0 Å². The Balaban J connectivity index is 1.79. The second kappa shape index (κ2) is 9.77. The van der Waals surface area contributed by atoms with Crippen molar-refractivity contribution in [1.82, 2.24) is 9.97 Å². The largest absolute Gasteiger partial charge is 0.324 e. The first-order valence-corrected chi connectivity index (χ1v) is 13.5. The van der Waals surface area contributed by atoms with E-state index in [9.17, 15) is 21.6 Å². The van der Waals surface area contributed by atoms with Crippen LogP contribution in [0.2, 0.25) is 0 Å². The third-order valence-electron chi connectivity index (χ3n) is 4.91. The number of nitrogens with one attached hydrogen (secondary N) is 2. The van der Waals surface area contributed by atoms with E-state index in [1.54, 1.807) is 25.1 Å². The molecule has 0 aliphatic heterocycles. The fraction of sp³-hybridized carbons (Fsp3) is 0.227. The maximum Gasteiger partial charge on any atom is 0.264 e. The van der Waals surface area contributed by atoms with E-state index in [-0.39, 0.29) is 10.8 Å². The Hall–Kier alpha value is -3.51. The topological polar surface area (TPSA) is 138 Å². The maximum atomic E-state index is 12.9. The fourth-order valence-corrected chi connectivity index (χ4v) is 5.42. The summed E-state index contributed by atoms with van der Waals surface area (Å²) in [5.74, 6) is -0.640. The van der Waals surface area contributed by atoms with Crippen molar-refractivity contribution in [1.29, 1.82) is 0 Å². The smallest absolute Gasteiger partial charge is 0.264 e. The number of aromatic nitrogens is 2. The number of sulfonamides is 2. The van der Waals surface area contributed by atoms with Gasteiger partial charge in [0.1, 0.15) is 6.04 Å². The van der Waals surface area contributed by atoms with Gasteiger partial charge in [0, 0.05) is 18.1 Å². The van der Waals surface area contributed by atoms with Crippen molar-refractivity contribution in [3.05, 3.63) is 72.1 Å². The summed E-state index contributed by atoms with van der Waals surface area (Å²) in [5.41, 5.74) is 2.29. The third-order valence-corrected chi connectivity index (χ3v) is 7.49. The van der Waals surface area contributed by atoms with Gasteiger partial charge in [0.2, 0.25) is 21.9 Å². The molecule has 180 valence electrons. The first-order chi connectivity index (χ1) is 15.9. The summed E-state index contributed by atoms with van der Waals surface area (Å²) >= 11 is 0. The van der Waals surface area contributed by atoms with Crippen LogP contribution in [0.25, 0.3) is 0 Å². The van der Waals surface area contributed by atoms with Crippen LogP contribution in [-0.4, -0.2) is 45.0 Å². The van der Waals surface area contributed by atoms with E-state index >= 15 is 0 Å². The fourth-order valence-electron chi connectivity index (χ4n) is 3.23.